The van der Waals surface area contributed by atoms with E-state index in [9.17, 15) is 13.2 Å². The van der Waals surface area contributed by atoms with E-state index in [-0.39, 0.29) is 29.3 Å². The number of fused-ring (bicyclic) bond motifs is 2. The number of carbonyl (C=O) groups is 1. The van der Waals surface area contributed by atoms with Crippen molar-refractivity contribution >= 4 is 15.9 Å². The zero-order valence-electron chi connectivity index (χ0n) is 17.0. The number of nitrogens with zero attached hydrogens (tertiary/aromatic N) is 4. The summed E-state index contributed by atoms with van der Waals surface area (Å²) >= 11 is 0. The van der Waals surface area contributed by atoms with Gasteiger partial charge in [0.2, 0.25) is 15.9 Å². The molecule has 2 bridgehead atoms. The van der Waals surface area contributed by atoms with Gasteiger partial charge in [0.05, 0.1) is 17.8 Å². The Morgan fingerprint density at radius 2 is 1.86 bits per heavy atom. The molecule has 0 saturated carbocycles. The Morgan fingerprint density at radius 3 is 2.46 bits per heavy atom. The molecule has 4 rings (SSSR count). The Kier molecular flexibility index (Phi) is 5.26. The summed E-state index contributed by atoms with van der Waals surface area (Å²) in [6, 6.07) is 1.36. The molecule has 3 aliphatic heterocycles. The van der Waals surface area contributed by atoms with E-state index in [1.165, 1.54) is 23.3 Å². The number of carbonyl (C=O) groups excluding carboxylic acids is 1. The lowest BCUT2D eigenvalue weighted by molar-refractivity contribution is -0.127. The number of amides is 1. The van der Waals surface area contributed by atoms with Crippen molar-refractivity contribution in [1.29, 1.82) is 0 Å². The number of rotatable bonds is 4. The molecule has 4 heterocycles. The summed E-state index contributed by atoms with van der Waals surface area (Å²) in [5.74, 6) is -0.269. The molecule has 28 heavy (non-hydrogen) atoms. The second-order valence-corrected chi connectivity index (χ2v) is 10.6. The van der Waals surface area contributed by atoms with Crippen molar-refractivity contribution in [1.82, 2.24) is 24.3 Å². The molecule has 0 radical (unpaired) electrons. The summed E-state index contributed by atoms with van der Waals surface area (Å²) in [6.45, 7) is 2.46. The maximum Gasteiger partial charge on any atom is 0.246 e. The summed E-state index contributed by atoms with van der Waals surface area (Å²) < 4.78 is 29.1. The van der Waals surface area contributed by atoms with Crippen LogP contribution in [0.1, 0.15) is 44.2 Å². The van der Waals surface area contributed by atoms with Gasteiger partial charge in [-0.25, -0.2) is 8.42 Å². The lowest BCUT2D eigenvalue weighted by Gasteiger charge is -2.38. The van der Waals surface area contributed by atoms with Crippen LogP contribution in [0, 0.1) is 12.8 Å². The van der Waals surface area contributed by atoms with Crippen LogP contribution < -0.4 is 5.32 Å². The monoisotopic (exact) mass is 409 g/mol. The predicted molar refractivity (Wildman–Crippen MR) is 105 cm³/mol. The Morgan fingerprint density at radius 1 is 1.18 bits per heavy atom. The molecule has 3 fully saturated rings. The van der Waals surface area contributed by atoms with Crippen LogP contribution in [0.2, 0.25) is 0 Å². The van der Waals surface area contributed by atoms with Crippen molar-refractivity contribution in [3.05, 3.63) is 11.9 Å². The minimum atomic E-state index is -3.62. The summed E-state index contributed by atoms with van der Waals surface area (Å²) in [5.41, 5.74) is 0.619. The van der Waals surface area contributed by atoms with Gasteiger partial charge in [0.25, 0.3) is 0 Å². The first-order chi connectivity index (χ1) is 13.3. The number of nitrogens with one attached hydrogen (secondary N) is 1. The van der Waals surface area contributed by atoms with Crippen LogP contribution >= 0.6 is 0 Å². The van der Waals surface area contributed by atoms with Crippen LogP contribution in [0.25, 0.3) is 0 Å². The molecule has 1 aromatic heterocycles. The van der Waals surface area contributed by atoms with Gasteiger partial charge in [-0.3, -0.25) is 9.48 Å². The standard InChI is InChI=1S/C19H31N5O3S/c1-13-18(11-20-23(13)3)28(26,27)24-8-4-5-14(12-24)19(25)21-15-9-16-6-7-17(10-15)22(16)2/h11,14-17H,4-10,12H2,1-3H3,(H,21,25). The highest BCUT2D eigenvalue weighted by Gasteiger charge is 2.40. The number of aromatic nitrogens is 2. The average molecular weight is 410 g/mol. The highest BCUT2D eigenvalue weighted by molar-refractivity contribution is 7.89. The van der Waals surface area contributed by atoms with Crippen molar-refractivity contribution in [2.75, 3.05) is 20.1 Å². The Balaban J connectivity index is 1.41. The summed E-state index contributed by atoms with van der Waals surface area (Å²) in [5, 5.41) is 7.30. The number of hydrogen-bond acceptors (Lipinski definition) is 5. The molecule has 3 unspecified atom stereocenters. The third-order valence-electron chi connectivity index (χ3n) is 7.01. The summed E-state index contributed by atoms with van der Waals surface area (Å²) in [4.78, 5) is 15.6. The topological polar surface area (TPSA) is 87.5 Å². The highest BCUT2D eigenvalue weighted by atomic mass is 32.2. The van der Waals surface area contributed by atoms with Gasteiger partial charge >= 0.3 is 0 Å². The number of aryl methyl sites for hydroxylation is 1. The molecular weight excluding hydrogens is 378 g/mol. The first kappa shape index (κ1) is 19.8. The second kappa shape index (κ2) is 7.42. The Hall–Kier alpha value is -1.45. The quantitative estimate of drug-likeness (QED) is 0.797. The van der Waals surface area contributed by atoms with Gasteiger partial charge in [-0.05, 0) is 52.5 Å². The van der Waals surface area contributed by atoms with Crippen LogP contribution in [-0.4, -0.2) is 71.6 Å². The molecule has 0 aliphatic carbocycles. The fraction of sp³-hybridized carbons (Fsp3) is 0.789. The second-order valence-electron chi connectivity index (χ2n) is 8.65. The maximum atomic E-state index is 13.0. The van der Waals surface area contributed by atoms with E-state index in [0.29, 0.717) is 30.7 Å². The Labute approximate surface area is 167 Å². The largest absolute Gasteiger partial charge is 0.353 e. The first-order valence-corrected chi connectivity index (χ1v) is 11.7. The first-order valence-electron chi connectivity index (χ1n) is 10.3. The van der Waals surface area contributed by atoms with Gasteiger partial charge in [0, 0.05) is 38.3 Å². The minimum absolute atomic E-state index is 0.0109. The van der Waals surface area contributed by atoms with Crippen LogP contribution in [0.4, 0.5) is 0 Å². The van der Waals surface area contributed by atoms with Crippen molar-refractivity contribution < 1.29 is 13.2 Å². The molecule has 3 aliphatic rings. The highest BCUT2D eigenvalue weighted by Crippen LogP contribution is 2.34. The van der Waals surface area contributed by atoms with E-state index in [1.807, 2.05) is 0 Å². The summed E-state index contributed by atoms with van der Waals surface area (Å²) in [6.07, 6.45) is 7.28. The van der Waals surface area contributed by atoms with E-state index in [2.05, 4.69) is 22.4 Å². The SMILES string of the molecule is Cc1c(S(=O)(=O)N2CCCC(C(=O)NC3CC4CCC(C3)N4C)C2)cnn1C. The van der Waals surface area contributed by atoms with E-state index in [1.54, 1.807) is 18.7 Å². The molecule has 3 saturated heterocycles. The fourth-order valence-electron chi connectivity index (χ4n) is 5.09. The van der Waals surface area contributed by atoms with E-state index in [0.717, 1.165) is 19.3 Å². The predicted octanol–water partition coefficient (Wildman–Crippen LogP) is 0.871. The molecule has 8 nitrogen and oxygen atoms in total. The zero-order chi connectivity index (χ0) is 20.1. The van der Waals surface area contributed by atoms with Crippen LogP contribution in [0.3, 0.4) is 0 Å². The van der Waals surface area contributed by atoms with Gasteiger partial charge < -0.3 is 10.2 Å². The smallest absolute Gasteiger partial charge is 0.246 e. The molecule has 1 aromatic rings. The number of hydrogen-bond donors (Lipinski definition) is 1. The number of sulfonamides is 1. The third kappa shape index (κ3) is 3.48. The molecule has 0 aromatic carbocycles. The van der Waals surface area contributed by atoms with Gasteiger partial charge in [-0.2, -0.15) is 9.40 Å². The lowest BCUT2D eigenvalue weighted by atomic mass is 9.95. The molecule has 1 N–H and O–H groups in total. The van der Waals surface area contributed by atoms with E-state index < -0.39 is 10.0 Å². The maximum absolute atomic E-state index is 13.0. The molecule has 3 atom stereocenters. The average Bonchev–Trinajstić information content (AvgIpc) is 3.09. The van der Waals surface area contributed by atoms with Gasteiger partial charge in [-0.15, -0.1) is 0 Å². The normalized spacial score (nSPS) is 31.8. The van der Waals surface area contributed by atoms with E-state index >= 15 is 0 Å². The van der Waals surface area contributed by atoms with Crippen molar-refractivity contribution in [2.24, 2.45) is 13.0 Å². The molecule has 9 heteroatoms. The van der Waals surface area contributed by atoms with Crippen LogP contribution in [0.5, 0.6) is 0 Å². The van der Waals surface area contributed by atoms with Gasteiger partial charge in [0.15, 0.2) is 0 Å². The molecular formula is C19H31N5O3S. The third-order valence-corrected chi connectivity index (χ3v) is 8.98. The van der Waals surface area contributed by atoms with Crippen molar-refractivity contribution in [3.8, 4) is 0 Å². The Bertz CT molecular complexity index is 838. The van der Waals surface area contributed by atoms with E-state index in [4.69, 9.17) is 0 Å². The lowest BCUT2D eigenvalue weighted by Crippen LogP contribution is -2.52. The van der Waals surface area contributed by atoms with Gasteiger partial charge in [-0.1, -0.05) is 0 Å². The molecule has 156 valence electrons. The van der Waals surface area contributed by atoms with Crippen LogP contribution in [-0.2, 0) is 21.9 Å². The fourth-order valence-corrected chi connectivity index (χ4v) is 6.80. The summed E-state index contributed by atoms with van der Waals surface area (Å²) in [7, 11) is 0.294. The zero-order valence-corrected chi connectivity index (χ0v) is 17.8. The van der Waals surface area contributed by atoms with Crippen molar-refractivity contribution in [2.45, 2.75) is 68.5 Å². The van der Waals surface area contributed by atoms with Gasteiger partial charge in [0.1, 0.15) is 4.90 Å². The van der Waals surface area contributed by atoms with Crippen LogP contribution in [0.15, 0.2) is 11.1 Å². The molecule has 0 spiro atoms. The number of piperidine rings is 2. The minimum Gasteiger partial charge on any atom is -0.353 e. The van der Waals surface area contributed by atoms with Crippen molar-refractivity contribution in [3.63, 3.8) is 0 Å². The molecule has 1 amide bonds.